The molecular weight excluding hydrogens is 220 g/mol. The van der Waals surface area contributed by atoms with Gasteiger partial charge >= 0.3 is 5.97 Å². The molecule has 0 aromatic carbocycles. The largest absolute Gasteiger partial charge is 0.477 e. The summed E-state index contributed by atoms with van der Waals surface area (Å²) in [5, 5.41) is 8.89. The van der Waals surface area contributed by atoms with E-state index in [0.717, 1.165) is 5.69 Å². The lowest BCUT2D eigenvalue weighted by molar-refractivity contribution is 0.0692. The second-order valence-electron chi connectivity index (χ2n) is 2.61. The molecule has 0 amide bonds. The summed E-state index contributed by atoms with van der Waals surface area (Å²) >= 11 is 6.15. The molecule has 2 rings (SSSR count). The molecule has 0 saturated heterocycles. The predicted octanol–water partition coefficient (Wildman–Crippen LogP) is 2.50. The molecule has 0 fully saturated rings. The highest BCUT2D eigenvalue weighted by Crippen LogP contribution is 2.27. The number of aromatic nitrogens is 2. The quantitative estimate of drug-likeness (QED) is 0.689. The zero-order valence-electron chi connectivity index (χ0n) is 6.90. The standard InChI is InChI=1S/C8H6N2O2S2/c11-7(12)5-6(14-8(13)10-5)4-2-1-3-9-4/h1-3,9H,(H,10,13)(H,11,12). The van der Waals surface area contributed by atoms with E-state index in [1.54, 1.807) is 12.3 Å². The van der Waals surface area contributed by atoms with Gasteiger partial charge in [-0.05, 0) is 24.4 Å². The van der Waals surface area contributed by atoms with Crippen molar-refractivity contribution >= 4 is 29.5 Å². The molecule has 0 atom stereocenters. The molecule has 0 unspecified atom stereocenters. The molecule has 0 bridgehead atoms. The lowest BCUT2D eigenvalue weighted by Gasteiger charge is -1.94. The van der Waals surface area contributed by atoms with Crippen molar-refractivity contribution in [3.8, 4) is 10.6 Å². The number of H-pyrrole nitrogens is 2. The van der Waals surface area contributed by atoms with Crippen molar-refractivity contribution in [2.45, 2.75) is 0 Å². The molecule has 14 heavy (non-hydrogen) atoms. The minimum atomic E-state index is -0.998. The SMILES string of the molecule is O=C(O)c1[nH]c(=S)sc1-c1ccc[nH]1. The van der Waals surface area contributed by atoms with Gasteiger partial charge in [0.1, 0.15) is 5.69 Å². The van der Waals surface area contributed by atoms with Crippen molar-refractivity contribution < 1.29 is 9.90 Å². The number of hydrogen-bond acceptors (Lipinski definition) is 3. The Bertz CT molecular complexity index is 510. The molecule has 72 valence electrons. The summed E-state index contributed by atoms with van der Waals surface area (Å²) in [6.07, 6.45) is 1.74. The normalized spacial score (nSPS) is 10.3. The molecule has 3 N–H and O–H groups in total. The third kappa shape index (κ3) is 1.49. The Balaban J connectivity index is 2.63. The highest BCUT2D eigenvalue weighted by molar-refractivity contribution is 7.73. The summed E-state index contributed by atoms with van der Waals surface area (Å²) in [6.45, 7) is 0. The van der Waals surface area contributed by atoms with Crippen molar-refractivity contribution in [2.75, 3.05) is 0 Å². The van der Waals surface area contributed by atoms with Gasteiger partial charge in [-0.1, -0.05) is 0 Å². The van der Waals surface area contributed by atoms with Crippen LogP contribution in [0.2, 0.25) is 0 Å². The maximum absolute atomic E-state index is 10.8. The minimum absolute atomic E-state index is 0.141. The van der Waals surface area contributed by atoms with Crippen molar-refractivity contribution in [1.82, 2.24) is 9.97 Å². The van der Waals surface area contributed by atoms with Gasteiger partial charge in [0, 0.05) is 6.20 Å². The molecule has 0 aliphatic carbocycles. The third-order valence-corrected chi connectivity index (χ3v) is 2.97. The topological polar surface area (TPSA) is 68.9 Å². The van der Waals surface area contributed by atoms with Gasteiger partial charge in [0.2, 0.25) is 0 Å². The van der Waals surface area contributed by atoms with Crippen LogP contribution in [-0.2, 0) is 0 Å². The first kappa shape index (κ1) is 9.17. The Morgan fingerprint density at radius 3 is 2.93 bits per heavy atom. The molecule has 0 aliphatic heterocycles. The number of aromatic amines is 2. The first-order valence-electron chi connectivity index (χ1n) is 3.78. The van der Waals surface area contributed by atoms with Crippen LogP contribution < -0.4 is 0 Å². The van der Waals surface area contributed by atoms with Gasteiger partial charge in [0.05, 0.1) is 10.6 Å². The van der Waals surface area contributed by atoms with E-state index in [9.17, 15) is 4.79 Å². The van der Waals surface area contributed by atoms with E-state index in [0.29, 0.717) is 8.83 Å². The fourth-order valence-electron chi connectivity index (χ4n) is 1.14. The summed E-state index contributed by atoms with van der Waals surface area (Å²) in [7, 11) is 0. The van der Waals surface area contributed by atoms with E-state index in [1.165, 1.54) is 11.3 Å². The summed E-state index contributed by atoms with van der Waals surface area (Å²) in [4.78, 5) is 17.1. The molecule has 4 nitrogen and oxygen atoms in total. The first-order chi connectivity index (χ1) is 6.68. The van der Waals surface area contributed by atoms with Crippen molar-refractivity contribution in [3.05, 3.63) is 28.0 Å². The second-order valence-corrected chi connectivity index (χ2v) is 4.29. The molecule has 6 heteroatoms. The third-order valence-electron chi connectivity index (χ3n) is 1.71. The van der Waals surface area contributed by atoms with Crippen LogP contribution in [0.25, 0.3) is 10.6 Å². The molecule has 0 radical (unpaired) electrons. The number of carbonyl (C=O) groups is 1. The monoisotopic (exact) mass is 226 g/mol. The highest BCUT2D eigenvalue weighted by Gasteiger charge is 2.15. The Hall–Kier alpha value is -1.40. The number of aromatic carboxylic acids is 1. The van der Waals surface area contributed by atoms with Gasteiger partial charge in [-0.15, -0.1) is 11.3 Å². The number of carboxylic acid groups (broad SMARTS) is 1. The maximum Gasteiger partial charge on any atom is 0.353 e. The van der Waals surface area contributed by atoms with E-state index in [4.69, 9.17) is 17.3 Å². The van der Waals surface area contributed by atoms with Crippen LogP contribution in [0.5, 0.6) is 0 Å². The summed E-state index contributed by atoms with van der Waals surface area (Å²) < 4.78 is 0.465. The van der Waals surface area contributed by atoms with Crippen LogP contribution in [0.1, 0.15) is 10.5 Å². The Kier molecular flexibility index (Phi) is 2.22. The van der Waals surface area contributed by atoms with Gasteiger partial charge in [-0.25, -0.2) is 4.79 Å². The van der Waals surface area contributed by atoms with Crippen LogP contribution in [0.15, 0.2) is 18.3 Å². The van der Waals surface area contributed by atoms with Crippen LogP contribution in [0, 0.1) is 3.95 Å². The molecule has 2 aromatic heterocycles. The molecule has 2 aromatic rings. The van der Waals surface area contributed by atoms with E-state index in [1.807, 2.05) is 6.07 Å². The fraction of sp³-hybridized carbons (Fsp3) is 0. The molecule has 0 saturated carbocycles. The Labute approximate surface area is 88.2 Å². The summed E-state index contributed by atoms with van der Waals surface area (Å²) in [5.41, 5.74) is 0.905. The lowest BCUT2D eigenvalue weighted by atomic mass is 10.3. The molecule has 0 spiro atoms. The number of thiazole rings is 1. The fourth-order valence-corrected chi connectivity index (χ4v) is 2.31. The predicted molar refractivity (Wildman–Crippen MR) is 56.2 cm³/mol. The zero-order valence-corrected chi connectivity index (χ0v) is 8.54. The van der Waals surface area contributed by atoms with Crippen LogP contribution in [0.3, 0.4) is 0 Å². The summed E-state index contributed by atoms with van der Waals surface area (Å²) in [5.74, 6) is -0.998. The lowest BCUT2D eigenvalue weighted by Crippen LogP contribution is -1.98. The van der Waals surface area contributed by atoms with E-state index < -0.39 is 5.97 Å². The summed E-state index contributed by atoms with van der Waals surface area (Å²) in [6, 6.07) is 3.62. The zero-order chi connectivity index (χ0) is 10.1. The minimum Gasteiger partial charge on any atom is -0.477 e. The average molecular weight is 226 g/mol. The second kappa shape index (κ2) is 3.39. The van der Waals surface area contributed by atoms with Gasteiger partial charge < -0.3 is 15.1 Å². The number of nitrogens with one attached hydrogen (secondary N) is 2. The van der Waals surface area contributed by atoms with Crippen molar-refractivity contribution in [3.63, 3.8) is 0 Å². The molecular formula is C8H6N2O2S2. The Morgan fingerprint density at radius 2 is 2.36 bits per heavy atom. The van der Waals surface area contributed by atoms with Gasteiger partial charge in [0.25, 0.3) is 0 Å². The maximum atomic E-state index is 10.8. The highest BCUT2D eigenvalue weighted by atomic mass is 32.1. The van der Waals surface area contributed by atoms with Crippen LogP contribution >= 0.6 is 23.6 Å². The van der Waals surface area contributed by atoms with Crippen LogP contribution in [0.4, 0.5) is 0 Å². The van der Waals surface area contributed by atoms with E-state index in [2.05, 4.69) is 9.97 Å². The van der Waals surface area contributed by atoms with Gasteiger partial charge in [-0.3, -0.25) is 0 Å². The van der Waals surface area contributed by atoms with E-state index in [-0.39, 0.29) is 5.69 Å². The van der Waals surface area contributed by atoms with Crippen molar-refractivity contribution in [2.24, 2.45) is 0 Å². The average Bonchev–Trinajstić information content (AvgIpc) is 2.70. The smallest absolute Gasteiger partial charge is 0.353 e. The van der Waals surface area contributed by atoms with Crippen LogP contribution in [-0.4, -0.2) is 21.0 Å². The van der Waals surface area contributed by atoms with Gasteiger partial charge in [0.15, 0.2) is 3.95 Å². The number of carboxylic acids is 1. The number of hydrogen-bond donors (Lipinski definition) is 3. The number of rotatable bonds is 2. The molecule has 0 aliphatic rings. The van der Waals surface area contributed by atoms with Gasteiger partial charge in [-0.2, -0.15) is 0 Å². The molecule has 2 heterocycles. The first-order valence-corrected chi connectivity index (χ1v) is 5.01. The van der Waals surface area contributed by atoms with Crippen molar-refractivity contribution in [1.29, 1.82) is 0 Å². The Morgan fingerprint density at radius 1 is 1.57 bits per heavy atom. The van der Waals surface area contributed by atoms with E-state index >= 15 is 0 Å².